The molecule has 7 heteroatoms. The molecule has 1 saturated heterocycles. The van der Waals surface area contributed by atoms with Crippen molar-refractivity contribution < 1.29 is 17.9 Å². The summed E-state index contributed by atoms with van der Waals surface area (Å²) in [5, 5.41) is 0. The second-order valence-electron chi connectivity index (χ2n) is 6.14. The SMILES string of the molecule is Cc1cc(C(=O)N2CCO[C@@H](C)C2)cc(S(=O)(=O)N(C)C)c1C. The highest BCUT2D eigenvalue weighted by Crippen LogP contribution is 2.24. The topological polar surface area (TPSA) is 66.9 Å². The Kier molecular flexibility index (Phi) is 5.13. The fraction of sp³-hybridized carbons (Fsp3) is 0.562. The van der Waals surface area contributed by atoms with Crippen LogP contribution in [-0.2, 0) is 14.8 Å². The first kappa shape index (κ1) is 17.9. The van der Waals surface area contributed by atoms with Gasteiger partial charge in [-0.1, -0.05) is 0 Å². The van der Waals surface area contributed by atoms with Gasteiger partial charge in [0.1, 0.15) is 0 Å². The van der Waals surface area contributed by atoms with E-state index in [1.165, 1.54) is 24.5 Å². The van der Waals surface area contributed by atoms with Crippen LogP contribution in [0.25, 0.3) is 0 Å². The molecule has 1 aliphatic rings. The molecule has 0 saturated carbocycles. The van der Waals surface area contributed by atoms with Crippen LogP contribution >= 0.6 is 0 Å². The van der Waals surface area contributed by atoms with Crippen LogP contribution in [0.4, 0.5) is 0 Å². The van der Waals surface area contributed by atoms with E-state index in [-0.39, 0.29) is 16.9 Å². The van der Waals surface area contributed by atoms with Crippen LogP contribution in [0.3, 0.4) is 0 Å². The number of morpholine rings is 1. The molecule has 1 fully saturated rings. The van der Waals surface area contributed by atoms with Gasteiger partial charge in [-0.05, 0) is 44.0 Å². The van der Waals surface area contributed by atoms with Crippen LogP contribution in [-0.4, -0.2) is 63.4 Å². The summed E-state index contributed by atoms with van der Waals surface area (Å²) < 4.78 is 31.6. The molecule has 1 heterocycles. The van der Waals surface area contributed by atoms with Crippen molar-refractivity contribution in [2.45, 2.75) is 31.8 Å². The Morgan fingerprint density at radius 1 is 1.30 bits per heavy atom. The van der Waals surface area contributed by atoms with Gasteiger partial charge in [0.25, 0.3) is 5.91 Å². The third kappa shape index (κ3) is 3.57. The number of hydrogen-bond acceptors (Lipinski definition) is 4. The maximum absolute atomic E-state index is 12.7. The lowest BCUT2D eigenvalue weighted by Gasteiger charge is -2.31. The summed E-state index contributed by atoms with van der Waals surface area (Å²) in [5.41, 5.74) is 1.87. The molecule has 128 valence electrons. The molecule has 1 aromatic rings. The molecule has 2 rings (SSSR count). The van der Waals surface area contributed by atoms with Gasteiger partial charge in [0.15, 0.2) is 0 Å². The average molecular weight is 340 g/mol. The summed E-state index contributed by atoms with van der Waals surface area (Å²) in [7, 11) is -0.613. The van der Waals surface area contributed by atoms with Crippen molar-refractivity contribution >= 4 is 15.9 Å². The van der Waals surface area contributed by atoms with Crippen LogP contribution in [0.5, 0.6) is 0 Å². The zero-order chi connectivity index (χ0) is 17.4. The Labute approximate surface area is 138 Å². The van der Waals surface area contributed by atoms with Crippen molar-refractivity contribution in [2.75, 3.05) is 33.8 Å². The minimum atomic E-state index is -3.59. The highest BCUT2D eigenvalue weighted by molar-refractivity contribution is 7.89. The van der Waals surface area contributed by atoms with Crippen molar-refractivity contribution in [3.05, 3.63) is 28.8 Å². The molecular formula is C16H24N2O4S. The van der Waals surface area contributed by atoms with E-state index in [0.717, 1.165) is 5.56 Å². The van der Waals surface area contributed by atoms with Crippen molar-refractivity contribution in [3.63, 3.8) is 0 Å². The molecule has 6 nitrogen and oxygen atoms in total. The summed E-state index contributed by atoms with van der Waals surface area (Å²) in [5.74, 6) is -0.154. The summed E-state index contributed by atoms with van der Waals surface area (Å²) in [6.45, 7) is 7.04. The summed E-state index contributed by atoms with van der Waals surface area (Å²) in [6.07, 6.45) is -0.00998. The zero-order valence-corrected chi connectivity index (χ0v) is 15.1. The van der Waals surface area contributed by atoms with Crippen LogP contribution in [0.1, 0.15) is 28.4 Å². The van der Waals surface area contributed by atoms with E-state index in [1.54, 1.807) is 17.9 Å². The molecule has 0 spiro atoms. The maximum atomic E-state index is 12.7. The van der Waals surface area contributed by atoms with Crippen LogP contribution in [0.15, 0.2) is 17.0 Å². The Hall–Kier alpha value is -1.44. The van der Waals surface area contributed by atoms with Gasteiger partial charge in [-0.2, -0.15) is 0 Å². The van der Waals surface area contributed by atoms with E-state index >= 15 is 0 Å². The zero-order valence-electron chi connectivity index (χ0n) is 14.3. The number of hydrogen-bond donors (Lipinski definition) is 0. The lowest BCUT2D eigenvalue weighted by atomic mass is 10.0. The molecule has 1 atom stereocenters. The van der Waals surface area contributed by atoms with E-state index in [0.29, 0.717) is 30.8 Å². The van der Waals surface area contributed by atoms with Crippen molar-refractivity contribution in [1.82, 2.24) is 9.21 Å². The predicted molar refractivity (Wildman–Crippen MR) is 88.1 cm³/mol. The van der Waals surface area contributed by atoms with Gasteiger partial charge in [0.05, 0.1) is 17.6 Å². The Bertz CT molecular complexity index is 713. The molecule has 1 aromatic carbocycles. The molecule has 0 N–H and O–H groups in total. The first-order chi connectivity index (χ1) is 10.6. The molecule has 0 radical (unpaired) electrons. The summed E-state index contributed by atoms with van der Waals surface area (Å²) in [6, 6.07) is 3.24. The highest BCUT2D eigenvalue weighted by Gasteiger charge is 2.26. The van der Waals surface area contributed by atoms with Crippen molar-refractivity contribution in [1.29, 1.82) is 0 Å². The number of rotatable bonds is 3. The fourth-order valence-electron chi connectivity index (χ4n) is 2.60. The van der Waals surface area contributed by atoms with E-state index in [9.17, 15) is 13.2 Å². The van der Waals surface area contributed by atoms with E-state index in [4.69, 9.17) is 4.74 Å². The van der Waals surface area contributed by atoms with Crippen molar-refractivity contribution in [3.8, 4) is 0 Å². The number of aryl methyl sites for hydroxylation is 1. The number of sulfonamides is 1. The van der Waals surface area contributed by atoms with Gasteiger partial charge >= 0.3 is 0 Å². The predicted octanol–water partition coefficient (Wildman–Crippen LogP) is 1.41. The number of nitrogens with zero attached hydrogens (tertiary/aromatic N) is 2. The van der Waals surface area contributed by atoms with Gasteiger partial charge in [-0.3, -0.25) is 4.79 Å². The normalized spacial score (nSPS) is 19.2. The number of ether oxygens (including phenoxy) is 1. The lowest BCUT2D eigenvalue weighted by Crippen LogP contribution is -2.44. The monoisotopic (exact) mass is 340 g/mol. The van der Waals surface area contributed by atoms with E-state index < -0.39 is 10.0 Å². The van der Waals surface area contributed by atoms with Gasteiger partial charge in [-0.25, -0.2) is 12.7 Å². The van der Waals surface area contributed by atoms with Crippen molar-refractivity contribution in [2.24, 2.45) is 0 Å². The largest absolute Gasteiger partial charge is 0.375 e. The summed E-state index contributed by atoms with van der Waals surface area (Å²) in [4.78, 5) is 14.6. The van der Waals surface area contributed by atoms with Crippen LogP contribution in [0.2, 0.25) is 0 Å². The minimum Gasteiger partial charge on any atom is -0.375 e. The number of carbonyl (C=O) groups is 1. The highest BCUT2D eigenvalue weighted by atomic mass is 32.2. The molecule has 1 aliphatic heterocycles. The Morgan fingerprint density at radius 2 is 1.96 bits per heavy atom. The molecule has 0 aromatic heterocycles. The molecule has 0 aliphatic carbocycles. The third-order valence-electron chi connectivity index (χ3n) is 4.15. The third-order valence-corrected chi connectivity index (χ3v) is 6.09. The first-order valence-corrected chi connectivity index (χ1v) is 9.03. The average Bonchev–Trinajstić information content (AvgIpc) is 2.48. The first-order valence-electron chi connectivity index (χ1n) is 7.59. The molecule has 0 unspecified atom stereocenters. The second kappa shape index (κ2) is 6.59. The van der Waals surface area contributed by atoms with Crippen LogP contribution in [0, 0.1) is 13.8 Å². The summed E-state index contributed by atoms with van der Waals surface area (Å²) >= 11 is 0. The molecule has 23 heavy (non-hydrogen) atoms. The Balaban J connectivity index is 2.45. The Morgan fingerprint density at radius 3 is 2.52 bits per heavy atom. The molecule has 0 bridgehead atoms. The number of benzene rings is 1. The van der Waals surface area contributed by atoms with E-state index in [2.05, 4.69) is 0 Å². The van der Waals surface area contributed by atoms with Gasteiger partial charge in [0, 0.05) is 32.7 Å². The number of amides is 1. The smallest absolute Gasteiger partial charge is 0.254 e. The second-order valence-corrected chi connectivity index (χ2v) is 8.26. The molecular weight excluding hydrogens is 316 g/mol. The quantitative estimate of drug-likeness (QED) is 0.834. The standard InChI is InChI=1S/C16H24N2O4S/c1-11-8-14(16(19)18-6-7-22-12(2)10-18)9-15(13(11)3)23(20,21)17(4)5/h8-9,12H,6-7,10H2,1-5H3/t12-/m0/s1. The lowest BCUT2D eigenvalue weighted by molar-refractivity contribution is -0.0124. The fourth-order valence-corrected chi connectivity index (χ4v) is 3.82. The van der Waals surface area contributed by atoms with Gasteiger partial charge in [-0.15, -0.1) is 0 Å². The molecule has 1 amide bonds. The number of carbonyl (C=O) groups excluding carboxylic acids is 1. The maximum Gasteiger partial charge on any atom is 0.254 e. The van der Waals surface area contributed by atoms with E-state index in [1.807, 2.05) is 13.8 Å². The van der Waals surface area contributed by atoms with Gasteiger partial charge in [0.2, 0.25) is 10.0 Å². The van der Waals surface area contributed by atoms with Gasteiger partial charge < -0.3 is 9.64 Å². The van der Waals surface area contributed by atoms with Crippen LogP contribution < -0.4 is 0 Å². The minimum absolute atomic E-state index is 0.00998.